The van der Waals surface area contributed by atoms with Gasteiger partial charge in [0, 0.05) is 19.2 Å². The van der Waals surface area contributed by atoms with Crippen molar-refractivity contribution in [2.24, 2.45) is 5.73 Å². The number of β-amino-alcohol motifs (C(OH)–C–C–N with tert-alkyl or cyclic N) is 1. The van der Waals surface area contributed by atoms with E-state index in [1.54, 1.807) is 0 Å². The molecule has 13 heteroatoms. The topological polar surface area (TPSA) is 119 Å². The van der Waals surface area contributed by atoms with Gasteiger partial charge >= 0.3 is 6.61 Å². The molecule has 2 heterocycles. The Kier molecular flexibility index (Phi) is 6.37. The van der Waals surface area contributed by atoms with Crippen LogP contribution < -0.4 is 15.2 Å². The number of halogens is 3. The van der Waals surface area contributed by atoms with E-state index < -0.39 is 45.7 Å². The van der Waals surface area contributed by atoms with Gasteiger partial charge in [0.25, 0.3) is 10.0 Å². The Morgan fingerprint density at radius 2 is 2.06 bits per heavy atom. The quantitative estimate of drug-likeness (QED) is 0.604. The van der Waals surface area contributed by atoms with Crippen LogP contribution in [0.15, 0.2) is 41.6 Å². The first-order chi connectivity index (χ1) is 14.6. The van der Waals surface area contributed by atoms with Crippen LogP contribution >= 0.6 is 0 Å². The largest absolute Gasteiger partial charge is 0.486 e. The molecule has 9 nitrogen and oxygen atoms in total. The van der Waals surface area contributed by atoms with Crippen molar-refractivity contribution in [2.75, 3.05) is 19.6 Å². The van der Waals surface area contributed by atoms with Crippen LogP contribution in [0.2, 0.25) is 0 Å². The highest BCUT2D eigenvalue weighted by atomic mass is 32.2. The van der Waals surface area contributed by atoms with Crippen LogP contribution in [0.1, 0.15) is 0 Å². The third-order valence-corrected chi connectivity index (χ3v) is 6.36. The maximum atomic E-state index is 13.8. The molecule has 1 aliphatic rings. The summed E-state index contributed by atoms with van der Waals surface area (Å²) in [5, 5.41) is 10.3. The smallest absolute Gasteiger partial charge is 0.387 e. The standard InChI is InChI=1S/C18H17F3N4O5S/c1-23-14-4-2-11(6-13(14)19)29-15-8-25(10-18(15,26)9-22)31(27,28)16-5-3-12(7-24-16)30-17(20)21/h2-7,15,17,26H,8-10,22H2/t15-,18-/m0/s1. The molecule has 166 valence electrons. The molecule has 2 aromatic rings. The van der Waals surface area contributed by atoms with Gasteiger partial charge in [-0.25, -0.2) is 22.6 Å². The minimum atomic E-state index is -4.24. The molecule has 3 rings (SSSR count). The first-order valence-corrected chi connectivity index (χ1v) is 10.2. The Labute approximate surface area is 175 Å². The minimum Gasteiger partial charge on any atom is -0.486 e. The van der Waals surface area contributed by atoms with Crippen molar-refractivity contribution in [3.05, 3.63) is 53.8 Å². The van der Waals surface area contributed by atoms with Crippen molar-refractivity contribution in [1.29, 1.82) is 0 Å². The van der Waals surface area contributed by atoms with E-state index in [0.29, 0.717) is 0 Å². The molecule has 31 heavy (non-hydrogen) atoms. The van der Waals surface area contributed by atoms with E-state index in [2.05, 4.69) is 14.6 Å². The predicted molar refractivity (Wildman–Crippen MR) is 101 cm³/mol. The van der Waals surface area contributed by atoms with Gasteiger partial charge in [0.2, 0.25) is 5.69 Å². The number of sulfonamides is 1. The molecule has 1 aliphatic heterocycles. The minimum absolute atomic E-state index is 0.0207. The lowest BCUT2D eigenvalue weighted by Crippen LogP contribution is -2.50. The zero-order valence-electron chi connectivity index (χ0n) is 15.8. The second-order valence-corrected chi connectivity index (χ2v) is 8.53. The molecule has 0 saturated carbocycles. The van der Waals surface area contributed by atoms with Crippen molar-refractivity contribution >= 4 is 15.7 Å². The number of rotatable bonds is 7. The van der Waals surface area contributed by atoms with E-state index in [1.807, 2.05) is 0 Å². The maximum Gasteiger partial charge on any atom is 0.387 e. The summed E-state index contributed by atoms with van der Waals surface area (Å²) in [6.45, 7) is 2.64. The molecular formula is C18H17F3N4O5S. The second kappa shape index (κ2) is 8.67. The first-order valence-electron chi connectivity index (χ1n) is 8.76. The number of ether oxygens (including phenoxy) is 2. The van der Waals surface area contributed by atoms with Crippen molar-refractivity contribution < 1.29 is 36.2 Å². The zero-order valence-corrected chi connectivity index (χ0v) is 16.6. The van der Waals surface area contributed by atoms with Gasteiger partial charge in [-0.15, -0.1) is 0 Å². The molecule has 0 aliphatic carbocycles. The highest BCUT2D eigenvalue weighted by Gasteiger charge is 2.50. The van der Waals surface area contributed by atoms with Crippen LogP contribution in [0, 0.1) is 12.4 Å². The summed E-state index contributed by atoms with van der Waals surface area (Å²) in [4.78, 5) is 6.63. The zero-order chi connectivity index (χ0) is 22.8. The molecule has 0 spiro atoms. The lowest BCUT2D eigenvalue weighted by atomic mass is 10.0. The van der Waals surface area contributed by atoms with Gasteiger partial charge in [-0.3, -0.25) is 0 Å². The van der Waals surface area contributed by atoms with Crippen LogP contribution in [0.3, 0.4) is 0 Å². The number of aliphatic hydroxyl groups is 1. The van der Waals surface area contributed by atoms with Gasteiger partial charge in [-0.05, 0) is 24.3 Å². The summed E-state index contributed by atoms with van der Waals surface area (Å²) < 4.78 is 74.7. The van der Waals surface area contributed by atoms with Crippen molar-refractivity contribution in [2.45, 2.75) is 23.3 Å². The monoisotopic (exact) mass is 458 g/mol. The van der Waals surface area contributed by atoms with Crippen molar-refractivity contribution in [3.8, 4) is 11.5 Å². The molecule has 3 N–H and O–H groups in total. The highest BCUT2D eigenvalue weighted by Crippen LogP contribution is 2.31. The van der Waals surface area contributed by atoms with Gasteiger partial charge in [-0.1, -0.05) is 0 Å². The average Bonchev–Trinajstić information content (AvgIpc) is 3.06. The van der Waals surface area contributed by atoms with E-state index in [9.17, 15) is 26.7 Å². The van der Waals surface area contributed by atoms with Crippen LogP contribution in [0.4, 0.5) is 18.9 Å². The molecule has 1 aromatic carbocycles. The fourth-order valence-corrected chi connectivity index (χ4v) is 4.41. The summed E-state index contributed by atoms with van der Waals surface area (Å²) in [6, 6.07) is 5.46. The molecule has 1 saturated heterocycles. The molecule has 0 amide bonds. The predicted octanol–water partition coefficient (Wildman–Crippen LogP) is 1.51. The van der Waals surface area contributed by atoms with E-state index in [1.165, 1.54) is 12.1 Å². The number of pyridine rings is 1. The second-order valence-electron chi connectivity index (χ2n) is 6.65. The van der Waals surface area contributed by atoms with Crippen molar-refractivity contribution in [1.82, 2.24) is 9.29 Å². The lowest BCUT2D eigenvalue weighted by molar-refractivity contribution is -0.0501. The molecule has 2 atom stereocenters. The van der Waals surface area contributed by atoms with Crippen LogP contribution in [-0.2, 0) is 10.0 Å². The normalized spacial score (nSPS) is 21.8. The average molecular weight is 458 g/mol. The maximum absolute atomic E-state index is 13.8. The third-order valence-electron chi connectivity index (χ3n) is 4.63. The third kappa shape index (κ3) is 4.72. The number of hydrogen-bond donors (Lipinski definition) is 2. The van der Waals surface area contributed by atoms with Gasteiger partial charge in [0.15, 0.2) is 5.03 Å². The summed E-state index contributed by atoms with van der Waals surface area (Å²) >= 11 is 0. The molecule has 0 radical (unpaired) electrons. The van der Waals surface area contributed by atoms with Crippen LogP contribution in [0.5, 0.6) is 11.5 Å². The molecule has 0 bridgehead atoms. The Morgan fingerprint density at radius 1 is 1.35 bits per heavy atom. The Hall–Kier alpha value is -2.92. The lowest BCUT2D eigenvalue weighted by Gasteiger charge is -2.27. The van der Waals surface area contributed by atoms with E-state index in [-0.39, 0.29) is 30.3 Å². The fraction of sp³-hybridized carbons (Fsp3) is 0.333. The van der Waals surface area contributed by atoms with Crippen LogP contribution in [-0.4, -0.2) is 60.8 Å². The summed E-state index contributed by atoms with van der Waals surface area (Å²) in [5.74, 6) is -1.17. The number of aromatic nitrogens is 1. The Morgan fingerprint density at radius 3 is 2.61 bits per heavy atom. The number of nitrogens with two attached hydrogens (primary N) is 1. The molecule has 0 unspecified atom stereocenters. The van der Waals surface area contributed by atoms with Crippen molar-refractivity contribution in [3.63, 3.8) is 0 Å². The first kappa shape index (κ1) is 22.8. The summed E-state index contributed by atoms with van der Waals surface area (Å²) in [6.07, 6.45) is -0.313. The van der Waals surface area contributed by atoms with Gasteiger partial charge in [0.1, 0.15) is 29.0 Å². The number of nitrogens with zero attached hydrogens (tertiary/aromatic N) is 3. The van der Waals surface area contributed by atoms with Crippen LogP contribution in [0.25, 0.3) is 4.85 Å². The van der Waals surface area contributed by atoms with E-state index in [0.717, 1.165) is 28.7 Å². The molecule has 1 fully saturated rings. The van der Waals surface area contributed by atoms with Gasteiger partial charge in [0.05, 0.1) is 19.3 Å². The summed E-state index contributed by atoms with van der Waals surface area (Å²) in [5.41, 5.74) is 3.62. The van der Waals surface area contributed by atoms with Gasteiger partial charge < -0.3 is 20.3 Å². The summed E-state index contributed by atoms with van der Waals surface area (Å²) in [7, 11) is -4.24. The molecular weight excluding hydrogens is 441 g/mol. The SMILES string of the molecule is [C-]#[N+]c1ccc(O[C@H]2CN(S(=O)(=O)c3ccc(OC(F)F)cn3)C[C@@]2(O)CN)cc1F. The number of hydrogen-bond acceptors (Lipinski definition) is 7. The number of alkyl halides is 2. The highest BCUT2D eigenvalue weighted by molar-refractivity contribution is 7.89. The fourth-order valence-electron chi connectivity index (χ4n) is 2.99. The Bertz CT molecular complexity index is 1090. The number of benzene rings is 1. The van der Waals surface area contributed by atoms with E-state index in [4.69, 9.17) is 17.0 Å². The van der Waals surface area contributed by atoms with Gasteiger partial charge in [-0.2, -0.15) is 13.1 Å². The van der Waals surface area contributed by atoms with E-state index >= 15 is 0 Å². The Balaban J connectivity index is 1.82. The molecule has 1 aromatic heterocycles.